The number of aryl methyl sites for hydroxylation is 1. The maximum atomic E-state index is 12.9. The van der Waals surface area contributed by atoms with E-state index in [9.17, 15) is 12.8 Å². The average Bonchev–Trinajstić information content (AvgIpc) is 2.15. The fourth-order valence-corrected chi connectivity index (χ4v) is 3.00. The molecule has 1 unspecified atom stereocenters. The molecule has 0 radical (unpaired) electrons. The van der Waals surface area contributed by atoms with Crippen molar-refractivity contribution in [2.75, 3.05) is 6.61 Å². The summed E-state index contributed by atoms with van der Waals surface area (Å²) in [6, 6.07) is 3.15. The molecule has 6 heteroatoms. The Balaban J connectivity index is 2.97. The first kappa shape index (κ1) is 14.1. The van der Waals surface area contributed by atoms with Gasteiger partial charge < -0.3 is 5.11 Å². The molecule has 0 aliphatic heterocycles. The lowest BCUT2D eigenvalue weighted by molar-refractivity contribution is 0.275. The lowest BCUT2D eigenvalue weighted by atomic mass is 10.2. The molecule has 0 spiro atoms. The van der Waals surface area contributed by atoms with Gasteiger partial charge in [0.2, 0.25) is 10.0 Å². The van der Waals surface area contributed by atoms with Crippen molar-refractivity contribution in [1.82, 2.24) is 4.72 Å². The van der Waals surface area contributed by atoms with Gasteiger partial charge in [-0.25, -0.2) is 17.5 Å². The Hall–Kier alpha value is -0.980. The second kappa shape index (κ2) is 5.57. The van der Waals surface area contributed by atoms with Crippen LogP contribution in [0.1, 0.15) is 18.9 Å². The van der Waals surface area contributed by atoms with E-state index in [4.69, 9.17) is 5.11 Å². The Bertz CT molecular complexity index is 487. The van der Waals surface area contributed by atoms with Gasteiger partial charge in [0.15, 0.2) is 0 Å². The zero-order valence-corrected chi connectivity index (χ0v) is 10.6. The van der Waals surface area contributed by atoms with Crippen LogP contribution in [0.25, 0.3) is 0 Å². The second-order valence-corrected chi connectivity index (χ2v) is 5.63. The number of aliphatic hydroxyl groups excluding tert-OH is 1. The number of rotatable bonds is 5. The molecule has 96 valence electrons. The summed E-state index contributed by atoms with van der Waals surface area (Å²) < 4.78 is 39.2. The number of hydrogen-bond acceptors (Lipinski definition) is 3. The van der Waals surface area contributed by atoms with Crippen molar-refractivity contribution in [2.24, 2.45) is 0 Å². The summed E-state index contributed by atoms with van der Waals surface area (Å²) in [5.74, 6) is -0.468. The van der Waals surface area contributed by atoms with Gasteiger partial charge in [-0.3, -0.25) is 0 Å². The fourth-order valence-electron chi connectivity index (χ4n) is 1.50. The van der Waals surface area contributed by atoms with Crippen molar-refractivity contribution in [1.29, 1.82) is 0 Å². The molecule has 1 rings (SSSR count). The van der Waals surface area contributed by atoms with Crippen molar-refractivity contribution in [2.45, 2.75) is 31.2 Å². The molecular formula is C11H16FNO3S. The monoisotopic (exact) mass is 261 g/mol. The van der Waals surface area contributed by atoms with Crippen LogP contribution in [0, 0.1) is 12.7 Å². The molecule has 0 heterocycles. The molecule has 0 aliphatic rings. The molecule has 0 amide bonds. The summed E-state index contributed by atoms with van der Waals surface area (Å²) in [7, 11) is -3.66. The molecule has 2 N–H and O–H groups in total. The molecule has 17 heavy (non-hydrogen) atoms. The smallest absolute Gasteiger partial charge is 0.241 e. The van der Waals surface area contributed by atoms with Gasteiger partial charge in [-0.15, -0.1) is 0 Å². The van der Waals surface area contributed by atoms with E-state index in [0.717, 1.165) is 6.07 Å². The van der Waals surface area contributed by atoms with Crippen LogP contribution in [-0.4, -0.2) is 26.2 Å². The average molecular weight is 261 g/mol. The van der Waals surface area contributed by atoms with Gasteiger partial charge in [0.1, 0.15) is 5.82 Å². The molecule has 0 saturated heterocycles. The highest BCUT2D eigenvalue weighted by Crippen LogP contribution is 2.16. The van der Waals surface area contributed by atoms with E-state index in [1.807, 2.05) is 0 Å². The number of aliphatic hydroxyl groups is 1. The summed E-state index contributed by atoms with van der Waals surface area (Å²) >= 11 is 0. The highest BCUT2D eigenvalue weighted by atomic mass is 32.2. The van der Waals surface area contributed by atoms with Crippen LogP contribution >= 0.6 is 0 Å². The van der Waals surface area contributed by atoms with Crippen molar-refractivity contribution >= 4 is 10.0 Å². The number of sulfonamides is 1. The lowest BCUT2D eigenvalue weighted by Crippen LogP contribution is -2.33. The second-order valence-electron chi connectivity index (χ2n) is 3.94. The molecule has 0 bridgehead atoms. The standard InChI is InChI=1S/C11H16FNO3S/c1-8-7-10(12)3-4-11(8)17(15,16)13-9(2)5-6-14/h3-4,7,9,13-14H,5-6H2,1-2H3. The summed E-state index contributed by atoms with van der Waals surface area (Å²) in [6.07, 6.45) is 0.333. The third kappa shape index (κ3) is 3.76. The maximum Gasteiger partial charge on any atom is 0.241 e. The van der Waals surface area contributed by atoms with Crippen molar-refractivity contribution in [3.05, 3.63) is 29.6 Å². The van der Waals surface area contributed by atoms with Crippen LogP contribution in [0.5, 0.6) is 0 Å². The van der Waals surface area contributed by atoms with Gasteiger partial charge >= 0.3 is 0 Å². The number of halogens is 1. The molecule has 0 aliphatic carbocycles. The Morgan fingerprint density at radius 2 is 2.12 bits per heavy atom. The topological polar surface area (TPSA) is 66.4 Å². The lowest BCUT2D eigenvalue weighted by Gasteiger charge is -2.14. The van der Waals surface area contributed by atoms with Crippen LogP contribution in [-0.2, 0) is 10.0 Å². The van der Waals surface area contributed by atoms with E-state index in [2.05, 4.69) is 4.72 Å². The summed E-state index contributed by atoms with van der Waals surface area (Å²) in [6.45, 7) is 3.10. The zero-order chi connectivity index (χ0) is 13.1. The quantitative estimate of drug-likeness (QED) is 0.836. The highest BCUT2D eigenvalue weighted by molar-refractivity contribution is 7.89. The molecule has 0 fully saturated rings. The first-order valence-corrected chi connectivity index (χ1v) is 6.74. The van der Waals surface area contributed by atoms with Crippen molar-refractivity contribution in [3.8, 4) is 0 Å². The van der Waals surface area contributed by atoms with Gasteiger partial charge in [0, 0.05) is 12.6 Å². The first-order valence-electron chi connectivity index (χ1n) is 5.26. The highest BCUT2D eigenvalue weighted by Gasteiger charge is 2.19. The third-order valence-corrected chi connectivity index (χ3v) is 4.09. The van der Waals surface area contributed by atoms with E-state index >= 15 is 0 Å². The zero-order valence-electron chi connectivity index (χ0n) is 9.77. The molecule has 0 saturated carbocycles. The largest absolute Gasteiger partial charge is 0.396 e. The van der Waals surface area contributed by atoms with Crippen LogP contribution < -0.4 is 4.72 Å². The Morgan fingerprint density at radius 3 is 2.65 bits per heavy atom. The summed E-state index contributed by atoms with van der Waals surface area (Å²) in [5.41, 5.74) is 0.355. The van der Waals surface area contributed by atoms with E-state index in [0.29, 0.717) is 12.0 Å². The molecule has 1 aromatic carbocycles. The minimum atomic E-state index is -3.66. The SMILES string of the molecule is Cc1cc(F)ccc1S(=O)(=O)NC(C)CCO. The maximum absolute atomic E-state index is 12.9. The van der Waals surface area contributed by atoms with Gasteiger partial charge in [0.05, 0.1) is 4.90 Å². The third-order valence-electron chi connectivity index (χ3n) is 2.34. The van der Waals surface area contributed by atoms with E-state index in [1.54, 1.807) is 6.92 Å². The van der Waals surface area contributed by atoms with E-state index in [-0.39, 0.29) is 17.5 Å². The van der Waals surface area contributed by atoms with Crippen LogP contribution in [0.3, 0.4) is 0 Å². The molecule has 1 aromatic rings. The van der Waals surface area contributed by atoms with Crippen LogP contribution in [0.15, 0.2) is 23.1 Å². The van der Waals surface area contributed by atoms with Gasteiger partial charge in [-0.1, -0.05) is 0 Å². The predicted octanol–water partition coefficient (Wildman–Crippen LogP) is 1.18. The molecule has 4 nitrogen and oxygen atoms in total. The molecule has 0 aromatic heterocycles. The minimum absolute atomic E-state index is 0.0590. The van der Waals surface area contributed by atoms with Gasteiger partial charge in [0.25, 0.3) is 0 Å². The fraction of sp³-hybridized carbons (Fsp3) is 0.455. The molecule has 1 atom stereocenters. The minimum Gasteiger partial charge on any atom is -0.396 e. The number of hydrogen-bond donors (Lipinski definition) is 2. The Morgan fingerprint density at radius 1 is 1.47 bits per heavy atom. The van der Waals surface area contributed by atoms with Crippen LogP contribution in [0.2, 0.25) is 0 Å². The number of benzene rings is 1. The van der Waals surface area contributed by atoms with E-state index < -0.39 is 15.8 Å². The molecular weight excluding hydrogens is 245 g/mol. The van der Waals surface area contributed by atoms with Gasteiger partial charge in [-0.2, -0.15) is 0 Å². The number of nitrogens with one attached hydrogen (secondary N) is 1. The van der Waals surface area contributed by atoms with Crippen LogP contribution in [0.4, 0.5) is 4.39 Å². The van der Waals surface area contributed by atoms with Crippen molar-refractivity contribution in [3.63, 3.8) is 0 Å². The van der Waals surface area contributed by atoms with Gasteiger partial charge in [-0.05, 0) is 44.0 Å². The Kier molecular flexibility index (Phi) is 4.62. The van der Waals surface area contributed by atoms with Crippen molar-refractivity contribution < 1.29 is 17.9 Å². The predicted molar refractivity (Wildman–Crippen MR) is 62.6 cm³/mol. The Labute approximate surface area is 101 Å². The normalized spacial score (nSPS) is 13.6. The first-order chi connectivity index (χ1) is 7.86. The van der Waals surface area contributed by atoms with E-state index in [1.165, 1.54) is 19.1 Å². The summed E-state index contributed by atoms with van der Waals surface area (Å²) in [4.78, 5) is 0.0590. The summed E-state index contributed by atoms with van der Waals surface area (Å²) in [5, 5.41) is 8.71.